The summed E-state index contributed by atoms with van der Waals surface area (Å²) in [5, 5.41) is 13.9. The SMILES string of the molecule is CCOC(=O)C1=C(C)N=c2s/c(=C\Nc3ccc(C(=O)O)cc3)c(=O)n2[C@H]1c1cccs1. The van der Waals surface area contributed by atoms with E-state index in [2.05, 4.69) is 10.3 Å². The first-order chi connectivity index (χ1) is 15.4. The molecule has 1 aromatic carbocycles. The predicted molar refractivity (Wildman–Crippen MR) is 123 cm³/mol. The largest absolute Gasteiger partial charge is 0.478 e. The second kappa shape index (κ2) is 8.93. The van der Waals surface area contributed by atoms with Gasteiger partial charge in [0.15, 0.2) is 4.80 Å². The van der Waals surface area contributed by atoms with Gasteiger partial charge in [-0.15, -0.1) is 11.3 Å². The van der Waals surface area contributed by atoms with E-state index in [1.54, 1.807) is 32.2 Å². The number of hydrogen-bond donors (Lipinski definition) is 2. The summed E-state index contributed by atoms with van der Waals surface area (Å²) in [6.45, 7) is 3.70. The van der Waals surface area contributed by atoms with Crippen molar-refractivity contribution in [1.29, 1.82) is 0 Å². The van der Waals surface area contributed by atoms with E-state index in [4.69, 9.17) is 9.84 Å². The number of ether oxygens (including phenoxy) is 1. The number of allylic oxidation sites excluding steroid dienone is 1. The number of thiophene rings is 1. The van der Waals surface area contributed by atoms with Crippen LogP contribution in [0.4, 0.5) is 5.69 Å². The third kappa shape index (κ3) is 4.02. The van der Waals surface area contributed by atoms with Crippen LogP contribution in [0.1, 0.15) is 35.1 Å². The third-order valence-electron chi connectivity index (χ3n) is 4.83. The number of carboxylic acid groups (broad SMARTS) is 1. The third-order valence-corrected chi connectivity index (χ3v) is 6.74. The van der Waals surface area contributed by atoms with Crippen LogP contribution in [0, 0.1) is 0 Å². The Kier molecular flexibility index (Phi) is 6.06. The molecule has 0 radical (unpaired) electrons. The van der Waals surface area contributed by atoms with Crippen molar-refractivity contribution >= 4 is 46.5 Å². The van der Waals surface area contributed by atoms with Crippen molar-refractivity contribution in [2.45, 2.75) is 19.9 Å². The van der Waals surface area contributed by atoms with Gasteiger partial charge in [-0.3, -0.25) is 9.36 Å². The highest BCUT2D eigenvalue weighted by molar-refractivity contribution is 7.10. The molecule has 0 aliphatic carbocycles. The molecule has 4 rings (SSSR count). The fraction of sp³-hybridized carbons (Fsp3) is 0.182. The van der Waals surface area contributed by atoms with Crippen LogP contribution in [0.3, 0.4) is 0 Å². The Bertz CT molecular complexity index is 1380. The molecule has 1 atom stereocenters. The number of anilines is 1. The lowest BCUT2D eigenvalue weighted by atomic mass is 10.0. The van der Waals surface area contributed by atoms with Crippen LogP contribution in [0.15, 0.2) is 62.8 Å². The highest BCUT2D eigenvalue weighted by atomic mass is 32.1. The van der Waals surface area contributed by atoms with E-state index in [0.717, 1.165) is 4.88 Å². The number of benzene rings is 1. The minimum Gasteiger partial charge on any atom is -0.478 e. The maximum atomic E-state index is 13.3. The summed E-state index contributed by atoms with van der Waals surface area (Å²) >= 11 is 2.66. The van der Waals surface area contributed by atoms with Crippen molar-refractivity contribution < 1.29 is 19.4 Å². The number of hydrogen-bond acceptors (Lipinski definition) is 8. The normalized spacial score (nSPS) is 15.8. The zero-order valence-electron chi connectivity index (χ0n) is 17.2. The van der Waals surface area contributed by atoms with E-state index in [1.807, 2.05) is 17.5 Å². The smallest absolute Gasteiger partial charge is 0.338 e. The molecule has 0 amide bonds. The number of carboxylic acids is 1. The molecule has 0 bridgehead atoms. The van der Waals surface area contributed by atoms with Gasteiger partial charge in [0, 0.05) is 16.8 Å². The van der Waals surface area contributed by atoms with Crippen LogP contribution >= 0.6 is 22.7 Å². The number of nitrogens with zero attached hydrogens (tertiary/aromatic N) is 2. The summed E-state index contributed by atoms with van der Waals surface area (Å²) in [5.74, 6) is -1.50. The van der Waals surface area contributed by atoms with E-state index in [9.17, 15) is 14.4 Å². The van der Waals surface area contributed by atoms with Crippen LogP contribution in [-0.4, -0.2) is 28.2 Å². The van der Waals surface area contributed by atoms with Gasteiger partial charge in [0.1, 0.15) is 10.6 Å². The molecule has 32 heavy (non-hydrogen) atoms. The van der Waals surface area contributed by atoms with Crippen LogP contribution in [-0.2, 0) is 9.53 Å². The maximum Gasteiger partial charge on any atom is 0.338 e. The lowest BCUT2D eigenvalue weighted by molar-refractivity contribution is -0.139. The number of fused-ring (bicyclic) bond motifs is 1. The Balaban J connectivity index is 1.78. The van der Waals surface area contributed by atoms with Crippen molar-refractivity contribution in [2.75, 3.05) is 11.9 Å². The quantitative estimate of drug-likeness (QED) is 0.537. The molecule has 1 aliphatic rings. The summed E-state index contributed by atoms with van der Waals surface area (Å²) in [7, 11) is 0. The van der Waals surface area contributed by atoms with E-state index in [1.165, 1.54) is 39.4 Å². The summed E-state index contributed by atoms with van der Waals surface area (Å²) in [4.78, 5) is 42.9. The number of aromatic carboxylic acids is 1. The van der Waals surface area contributed by atoms with Crippen LogP contribution in [0.5, 0.6) is 0 Å². The topological polar surface area (TPSA) is 110 Å². The molecule has 0 spiro atoms. The van der Waals surface area contributed by atoms with Gasteiger partial charge in [0.25, 0.3) is 5.56 Å². The van der Waals surface area contributed by atoms with Gasteiger partial charge in [0.05, 0.1) is 23.4 Å². The lowest BCUT2D eigenvalue weighted by Gasteiger charge is -2.23. The number of aromatic nitrogens is 1. The molecule has 164 valence electrons. The molecule has 3 aromatic rings. The first-order valence-electron chi connectivity index (χ1n) is 9.72. The van der Waals surface area contributed by atoms with Crippen LogP contribution in [0.2, 0.25) is 0 Å². The minimum absolute atomic E-state index is 0.174. The number of nitrogens with one attached hydrogen (secondary N) is 1. The van der Waals surface area contributed by atoms with Gasteiger partial charge in [-0.1, -0.05) is 17.4 Å². The van der Waals surface area contributed by atoms with Gasteiger partial charge < -0.3 is 15.2 Å². The molecule has 2 N–H and O–H groups in total. The molecule has 0 unspecified atom stereocenters. The number of rotatable bonds is 6. The Hall–Kier alpha value is -3.50. The number of carbonyl (C=O) groups excluding carboxylic acids is 1. The molecular weight excluding hydrogens is 450 g/mol. The second-order valence-electron chi connectivity index (χ2n) is 6.84. The van der Waals surface area contributed by atoms with E-state index < -0.39 is 18.0 Å². The van der Waals surface area contributed by atoms with E-state index in [0.29, 0.717) is 26.3 Å². The molecule has 0 saturated carbocycles. The van der Waals surface area contributed by atoms with E-state index >= 15 is 0 Å². The fourth-order valence-electron chi connectivity index (χ4n) is 3.37. The lowest BCUT2D eigenvalue weighted by Crippen LogP contribution is -2.39. The highest BCUT2D eigenvalue weighted by Crippen LogP contribution is 2.33. The van der Waals surface area contributed by atoms with Gasteiger partial charge in [-0.25, -0.2) is 14.6 Å². The Labute approximate surface area is 190 Å². The fourth-order valence-corrected chi connectivity index (χ4v) is 5.16. The number of carbonyl (C=O) groups is 2. The summed E-state index contributed by atoms with van der Waals surface area (Å²) in [6.07, 6.45) is 1.56. The predicted octanol–water partition coefficient (Wildman–Crippen LogP) is 2.58. The zero-order chi connectivity index (χ0) is 22.8. The molecule has 10 heteroatoms. The molecule has 1 aliphatic heterocycles. The van der Waals surface area contributed by atoms with Gasteiger partial charge in [-0.05, 0) is 49.6 Å². The van der Waals surface area contributed by atoms with Crippen LogP contribution < -0.4 is 20.2 Å². The minimum atomic E-state index is -1.01. The van der Waals surface area contributed by atoms with Crippen molar-refractivity contribution in [3.63, 3.8) is 0 Å². The number of esters is 1. The van der Waals surface area contributed by atoms with Crippen molar-refractivity contribution in [1.82, 2.24) is 4.57 Å². The van der Waals surface area contributed by atoms with Gasteiger partial charge in [0.2, 0.25) is 0 Å². The van der Waals surface area contributed by atoms with Gasteiger partial charge >= 0.3 is 11.9 Å². The Morgan fingerprint density at radius 1 is 1.28 bits per heavy atom. The summed E-state index contributed by atoms with van der Waals surface area (Å²) in [5.41, 5.74) is 1.40. The standard InChI is InChI=1S/C22H19N3O5S2/c1-3-30-21(29)17-12(2)24-22-25(18(17)15-5-4-10-31-15)19(26)16(32-22)11-23-14-8-6-13(7-9-14)20(27)28/h4-11,18,23H,3H2,1-2H3,(H,27,28)/b16-11-/t18-/m0/s1. The zero-order valence-corrected chi connectivity index (χ0v) is 18.8. The maximum absolute atomic E-state index is 13.3. The molecule has 0 fully saturated rings. The average molecular weight is 470 g/mol. The first-order valence-corrected chi connectivity index (χ1v) is 11.4. The average Bonchev–Trinajstić information content (AvgIpc) is 3.40. The monoisotopic (exact) mass is 469 g/mol. The molecule has 3 heterocycles. The first kappa shape index (κ1) is 21.7. The molecule has 0 saturated heterocycles. The molecule has 8 nitrogen and oxygen atoms in total. The van der Waals surface area contributed by atoms with E-state index in [-0.39, 0.29) is 17.7 Å². The van der Waals surface area contributed by atoms with Crippen LogP contribution in [0.25, 0.3) is 6.20 Å². The Morgan fingerprint density at radius 2 is 2.03 bits per heavy atom. The highest BCUT2D eigenvalue weighted by Gasteiger charge is 2.33. The van der Waals surface area contributed by atoms with Crippen molar-refractivity contribution in [3.8, 4) is 0 Å². The Morgan fingerprint density at radius 3 is 2.66 bits per heavy atom. The van der Waals surface area contributed by atoms with Crippen molar-refractivity contribution in [3.05, 3.63) is 83.2 Å². The molecular formula is C22H19N3O5S2. The second-order valence-corrected chi connectivity index (χ2v) is 8.83. The van der Waals surface area contributed by atoms with Crippen molar-refractivity contribution in [2.24, 2.45) is 4.99 Å². The summed E-state index contributed by atoms with van der Waals surface area (Å²) in [6, 6.07) is 9.34. The molecule has 2 aromatic heterocycles. The summed E-state index contributed by atoms with van der Waals surface area (Å²) < 4.78 is 7.18. The van der Waals surface area contributed by atoms with Gasteiger partial charge in [-0.2, -0.15) is 0 Å². The number of thiazole rings is 1.